The Morgan fingerprint density at radius 1 is 1.21 bits per heavy atom. The maximum atomic E-state index is 11.4. The average molecular weight is 195 g/mol. The first-order valence-corrected chi connectivity index (χ1v) is 4.99. The van der Waals surface area contributed by atoms with Crippen LogP contribution in [0, 0.1) is 0 Å². The third-order valence-corrected chi connectivity index (χ3v) is 2.75. The Labute approximate surface area is 81.2 Å². The van der Waals surface area contributed by atoms with Crippen molar-refractivity contribution in [2.75, 3.05) is 0 Å². The average Bonchev–Trinajstić information content (AvgIpc) is 2.19. The number of hydrogen-bond acceptors (Lipinski definition) is 3. The van der Waals surface area contributed by atoms with Gasteiger partial charge in [-0.05, 0) is 12.8 Å². The predicted octanol–water partition coefficient (Wildman–Crippen LogP) is 1.31. The molecule has 0 radical (unpaired) electrons. The van der Waals surface area contributed by atoms with Gasteiger partial charge in [0.25, 0.3) is 5.56 Å². The molecule has 1 aromatic rings. The highest BCUT2D eigenvalue weighted by Crippen LogP contribution is 2.25. The first-order valence-electron chi connectivity index (χ1n) is 4.99. The van der Waals surface area contributed by atoms with Gasteiger partial charge >= 0.3 is 5.76 Å². The zero-order valence-corrected chi connectivity index (χ0v) is 7.94. The summed E-state index contributed by atoms with van der Waals surface area (Å²) < 4.78 is 5.95. The lowest BCUT2D eigenvalue weighted by atomic mass is 9.95. The minimum absolute atomic E-state index is 0.0497. The lowest BCUT2D eigenvalue weighted by molar-refractivity contribution is 0.300. The van der Waals surface area contributed by atoms with Gasteiger partial charge < -0.3 is 4.42 Å². The molecule has 0 aliphatic heterocycles. The topological polar surface area (TPSA) is 52.2 Å². The van der Waals surface area contributed by atoms with E-state index in [-0.39, 0.29) is 11.6 Å². The van der Waals surface area contributed by atoms with E-state index in [0.29, 0.717) is 0 Å². The first-order chi connectivity index (χ1) is 6.79. The minimum Gasteiger partial charge on any atom is -0.418 e. The molecule has 1 fully saturated rings. The zero-order chi connectivity index (χ0) is 9.97. The Kier molecular flexibility index (Phi) is 2.52. The van der Waals surface area contributed by atoms with Crippen LogP contribution in [0.2, 0.25) is 0 Å². The molecule has 2 rings (SSSR count). The molecule has 76 valence electrons. The predicted molar refractivity (Wildman–Crippen MR) is 51.4 cm³/mol. The van der Waals surface area contributed by atoms with Gasteiger partial charge in [0, 0.05) is 12.1 Å². The highest BCUT2D eigenvalue weighted by Gasteiger charge is 2.18. The van der Waals surface area contributed by atoms with Crippen LogP contribution in [0.15, 0.2) is 26.3 Å². The molecule has 14 heavy (non-hydrogen) atoms. The van der Waals surface area contributed by atoms with Crippen LogP contribution in [0.5, 0.6) is 0 Å². The number of nitrogens with zero attached hydrogens (tertiary/aromatic N) is 1. The first kappa shape index (κ1) is 9.24. The van der Waals surface area contributed by atoms with E-state index in [4.69, 9.17) is 4.42 Å². The second-order valence-electron chi connectivity index (χ2n) is 3.69. The van der Waals surface area contributed by atoms with E-state index in [2.05, 4.69) is 0 Å². The standard InChI is InChI=1S/C10H13NO3/c12-9-6-7-14-10(13)11(9)8-4-2-1-3-5-8/h6-8H,1-5H2. The Morgan fingerprint density at radius 3 is 2.57 bits per heavy atom. The molecule has 1 aliphatic carbocycles. The van der Waals surface area contributed by atoms with Crippen molar-refractivity contribution in [2.45, 2.75) is 38.1 Å². The molecule has 1 heterocycles. The summed E-state index contributed by atoms with van der Waals surface area (Å²) in [4.78, 5) is 22.8. The summed E-state index contributed by atoms with van der Waals surface area (Å²) in [6.07, 6.45) is 6.35. The Hall–Kier alpha value is -1.32. The van der Waals surface area contributed by atoms with Gasteiger partial charge in [-0.2, -0.15) is 0 Å². The number of aromatic nitrogens is 1. The van der Waals surface area contributed by atoms with Crippen LogP contribution in [0.3, 0.4) is 0 Å². The van der Waals surface area contributed by atoms with Crippen molar-refractivity contribution in [3.8, 4) is 0 Å². The van der Waals surface area contributed by atoms with Crippen molar-refractivity contribution in [1.29, 1.82) is 0 Å². The second kappa shape index (κ2) is 3.82. The van der Waals surface area contributed by atoms with Gasteiger partial charge in [0.05, 0.1) is 0 Å². The van der Waals surface area contributed by atoms with Gasteiger partial charge in [0.15, 0.2) is 0 Å². The fourth-order valence-electron chi connectivity index (χ4n) is 2.05. The summed E-state index contributed by atoms with van der Waals surface area (Å²) in [5.41, 5.74) is -0.242. The molecule has 0 atom stereocenters. The lowest BCUT2D eigenvalue weighted by Gasteiger charge is -2.21. The molecule has 0 unspecified atom stereocenters. The Balaban J connectivity index is 2.39. The largest absolute Gasteiger partial charge is 0.421 e. The monoisotopic (exact) mass is 195 g/mol. The van der Waals surface area contributed by atoms with E-state index in [1.165, 1.54) is 17.1 Å². The number of rotatable bonds is 1. The highest BCUT2D eigenvalue weighted by atomic mass is 16.4. The smallest absolute Gasteiger partial charge is 0.418 e. The van der Waals surface area contributed by atoms with Crippen molar-refractivity contribution in [3.63, 3.8) is 0 Å². The molecule has 0 bridgehead atoms. The maximum Gasteiger partial charge on any atom is 0.421 e. The quantitative estimate of drug-likeness (QED) is 0.678. The number of hydrogen-bond donors (Lipinski definition) is 0. The summed E-state index contributed by atoms with van der Waals surface area (Å²) in [6, 6.07) is 1.35. The molecule has 0 N–H and O–H groups in total. The third-order valence-electron chi connectivity index (χ3n) is 2.75. The van der Waals surface area contributed by atoms with Crippen molar-refractivity contribution in [2.24, 2.45) is 0 Å². The molecule has 0 saturated heterocycles. The molecule has 1 saturated carbocycles. The summed E-state index contributed by atoms with van der Waals surface area (Å²) in [5, 5.41) is 0. The highest BCUT2D eigenvalue weighted by molar-refractivity contribution is 4.84. The van der Waals surface area contributed by atoms with E-state index in [1.54, 1.807) is 0 Å². The van der Waals surface area contributed by atoms with Gasteiger partial charge in [-0.1, -0.05) is 19.3 Å². The van der Waals surface area contributed by atoms with Gasteiger partial charge in [-0.25, -0.2) is 9.36 Å². The van der Waals surface area contributed by atoms with Crippen molar-refractivity contribution < 1.29 is 4.42 Å². The molecule has 1 aromatic heterocycles. The van der Waals surface area contributed by atoms with E-state index in [1.807, 2.05) is 0 Å². The molecule has 0 amide bonds. The fraction of sp³-hybridized carbons (Fsp3) is 0.600. The second-order valence-corrected chi connectivity index (χ2v) is 3.69. The van der Waals surface area contributed by atoms with Gasteiger partial charge in [0.1, 0.15) is 6.26 Å². The SMILES string of the molecule is O=c1ccoc(=O)n1C1CCCCC1. The molecule has 1 aliphatic rings. The molecule has 4 nitrogen and oxygen atoms in total. The fourth-order valence-corrected chi connectivity index (χ4v) is 2.05. The van der Waals surface area contributed by atoms with E-state index in [0.717, 1.165) is 31.9 Å². The van der Waals surface area contributed by atoms with E-state index >= 15 is 0 Å². The third kappa shape index (κ3) is 1.64. The molecular weight excluding hydrogens is 182 g/mol. The Bertz CT molecular complexity index is 384. The summed E-state index contributed by atoms with van der Waals surface area (Å²) >= 11 is 0. The molecule has 0 spiro atoms. The van der Waals surface area contributed by atoms with Gasteiger partial charge in [0.2, 0.25) is 0 Å². The van der Waals surface area contributed by atoms with Crippen LogP contribution in [-0.4, -0.2) is 4.57 Å². The molecular formula is C10H13NO3. The zero-order valence-electron chi connectivity index (χ0n) is 7.94. The summed E-state index contributed by atoms with van der Waals surface area (Å²) in [6.45, 7) is 0. The Morgan fingerprint density at radius 2 is 1.93 bits per heavy atom. The van der Waals surface area contributed by atoms with Crippen molar-refractivity contribution >= 4 is 0 Å². The summed E-state index contributed by atoms with van der Waals surface area (Å²) in [7, 11) is 0. The van der Waals surface area contributed by atoms with Crippen LogP contribution in [0.1, 0.15) is 38.1 Å². The van der Waals surface area contributed by atoms with Gasteiger partial charge in [-0.3, -0.25) is 4.79 Å². The van der Waals surface area contributed by atoms with Crippen LogP contribution >= 0.6 is 0 Å². The summed E-state index contributed by atoms with van der Waals surface area (Å²) in [5.74, 6) is -0.524. The van der Waals surface area contributed by atoms with Crippen molar-refractivity contribution in [1.82, 2.24) is 4.57 Å². The van der Waals surface area contributed by atoms with Crippen LogP contribution < -0.4 is 11.3 Å². The van der Waals surface area contributed by atoms with Gasteiger partial charge in [-0.15, -0.1) is 0 Å². The van der Waals surface area contributed by atoms with Crippen LogP contribution in [0.4, 0.5) is 0 Å². The van der Waals surface area contributed by atoms with E-state index < -0.39 is 5.76 Å². The minimum atomic E-state index is -0.524. The van der Waals surface area contributed by atoms with Crippen molar-refractivity contribution in [3.05, 3.63) is 33.2 Å². The normalized spacial score (nSPS) is 18.3. The molecule has 4 heteroatoms. The maximum absolute atomic E-state index is 11.4. The van der Waals surface area contributed by atoms with E-state index in [9.17, 15) is 9.59 Å². The van der Waals surface area contributed by atoms with Crippen LogP contribution in [0.25, 0.3) is 0 Å². The molecule has 0 aromatic carbocycles. The lowest BCUT2D eigenvalue weighted by Crippen LogP contribution is -2.35. The van der Waals surface area contributed by atoms with Crippen LogP contribution in [-0.2, 0) is 0 Å².